The number of β-amino-alcohol motifs (C(OH)–C–C–N with tert-alkyl or cyclic N) is 1. The van der Waals surface area contributed by atoms with Crippen molar-refractivity contribution in [2.75, 3.05) is 33.2 Å². The number of hydrogen-bond donors (Lipinski definition) is 3. The zero-order valence-electron chi connectivity index (χ0n) is 11.2. The molecule has 0 aliphatic carbocycles. The zero-order chi connectivity index (χ0) is 13.0. The predicted octanol–water partition coefficient (Wildman–Crippen LogP) is -0.443. The van der Waals surface area contributed by atoms with Crippen LogP contribution < -0.4 is 10.6 Å². The molecule has 2 rings (SSSR count). The minimum atomic E-state index is -0.366. The lowest BCUT2D eigenvalue weighted by Gasteiger charge is -2.29. The molecular weight excluding hydrogens is 230 g/mol. The molecule has 2 heterocycles. The van der Waals surface area contributed by atoms with Gasteiger partial charge in [-0.25, -0.2) is 0 Å². The number of nitrogens with zero attached hydrogens (tertiary/aromatic N) is 1. The molecule has 104 valence electrons. The number of aliphatic hydroxyl groups is 1. The number of aliphatic hydroxyl groups excluding tert-OH is 1. The summed E-state index contributed by atoms with van der Waals surface area (Å²) in [5, 5.41) is 15.4. The molecule has 2 aliphatic heterocycles. The molecule has 0 spiro atoms. The number of nitrogens with one attached hydrogen (secondary N) is 2. The Bertz CT molecular complexity index is 277. The normalized spacial score (nSPS) is 30.6. The third-order valence-corrected chi connectivity index (χ3v) is 4.11. The number of amides is 1. The molecule has 2 unspecified atom stereocenters. The van der Waals surface area contributed by atoms with Crippen LogP contribution in [0.4, 0.5) is 0 Å². The Balaban J connectivity index is 1.59. The topological polar surface area (TPSA) is 64.6 Å². The molecule has 0 radical (unpaired) electrons. The Morgan fingerprint density at radius 3 is 2.78 bits per heavy atom. The van der Waals surface area contributed by atoms with Gasteiger partial charge in [0, 0.05) is 13.1 Å². The summed E-state index contributed by atoms with van der Waals surface area (Å²) in [7, 11) is 2.16. The first-order valence-electron chi connectivity index (χ1n) is 7.03. The van der Waals surface area contributed by atoms with Gasteiger partial charge in [-0.1, -0.05) is 0 Å². The van der Waals surface area contributed by atoms with Gasteiger partial charge < -0.3 is 20.6 Å². The molecule has 5 nitrogen and oxygen atoms in total. The highest BCUT2D eigenvalue weighted by Gasteiger charge is 2.27. The highest BCUT2D eigenvalue weighted by Crippen LogP contribution is 2.18. The second kappa shape index (κ2) is 6.50. The van der Waals surface area contributed by atoms with E-state index < -0.39 is 0 Å². The molecule has 2 saturated heterocycles. The van der Waals surface area contributed by atoms with Gasteiger partial charge in [0.2, 0.25) is 5.91 Å². The fourth-order valence-electron chi connectivity index (χ4n) is 2.79. The third kappa shape index (κ3) is 3.93. The molecule has 2 aliphatic rings. The molecule has 1 amide bonds. The van der Waals surface area contributed by atoms with Crippen LogP contribution in [0.5, 0.6) is 0 Å². The highest BCUT2D eigenvalue weighted by atomic mass is 16.3. The Kier molecular flexibility index (Phi) is 4.97. The van der Waals surface area contributed by atoms with E-state index in [-0.39, 0.29) is 18.1 Å². The zero-order valence-corrected chi connectivity index (χ0v) is 11.2. The maximum absolute atomic E-state index is 11.8. The Hall–Kier alpha value is -0.650. The van der Waals surface area contributed by atoms with E-state index >= 15 is 0 Å². The van der Waals surface area contributed by atoms with Crippen LogP contribution in [0.15, 0.2) is 0 Å². The van der Waals surface area contributed by atoms with Gasteiger partial charge in [0.25, 0.3) is 0 Å². The summed E-state index contributed by atoms with van der Waals surface area (Å²) < 4.78 is 0. The van der Waals surface area contributed by atoms with Crippen molar-refractivity contribution in [3.05, 3.63) is 0 Å². The highest BCUT2D eigenvalue weighted by molar-refractivity contribution is 5.82. The molecule has 3 N–H and O–H groups in total. The van der Waals surface area contributed by atoms with Crippen LogP contribution in [0.1, 0.15) is 25.7 Å². The summed E-state index contributed by atoms with van der Waals surface area (Å²) in [5.41, 5.74) is 0. The fourth-order valence-corrected chi connectivity index (χ4v) is 2.79. The van der Waals surface area contributed by atoms with Gasteiger partial charge >= 0.3 is 0 Å². The quantitative estimate of drug-likeness (QED) is 0.637. The SMILES string of the molecule is CN1CCC(CCNC(=O)C2CC(O)CN2)CC1. The van der Waals surface area contributed by atoms with Crippen LogP contribution in [0.2, 0.25) is 0 Å². The van der Waals surface area contributed by atoms with Crippen molar-refractivity contribution in [3.8, 4) is 0 Å². The number of piperidine rings is 1. The average molecular weight is 255 g/mol. The number of likely N-dealkylation sites (tertiary alicyclic amines) is 1. The molecule has 2 fully saturated rings. The van der Waals surface area contributed by atoms with Gasteiger partial charge in [0.1, 0.15) is 0 Å². The van der Waals surface area contributed by atoms with E-state index in [9.17, 15) is 9.90 Å². The molecule has 18 heavy (non-hydrogen) atoms. The number of hydrogen-bond acceptors (Lipinski definition) is 4. The summed E-state index contributed by atoms with van der Waals surface area (Å²) in [6.45, 7) is 3.65. The summed E-state index contributed by atoms with van der Waals surface area (Å²) in [6, 6.07) is -0.197. The van der Waals surface area contributed by atoms with Crippen molar-refractivity contribution in [1.29, 1.82) is 0 Å². The minimum absolute atomic E-state index is 0.0412. The van der Waals surface area contributed by atoms with Crippen molar-refractivity contribution in [2.45, 2.75) is 37.8 Å². The summed E-state index contributed by atoms with van der Waals surface area (Å²) in [6.07, 6.45) is 3.74. The van der Waals surface area contributed by atoms with E-state index in [4.69, 9.17) is 0 Å². The molecule has 2 atom stereocenters. The Morgan fingerprint density at radius 1 is 1.44 bits per heavy atom. The second-order valence-corrected chi connectivity index (χ2v) is 5.68. The standard InChI is InChI=1S/C13H25N3O2/c1-16-6-3-10(4-7-16)2-5-14-13(18)12-8-11(17)9-15-12/h10-12,15,17H,2-9H2,1H3,(H,14,18). The average Bonchev–Trinajstić information content (AvgIpc) is 2.78. The van der Waals surface area contributed by atoms with Gasteiger partial charge in [0.15, 0.2) is 0 Å². The molecule has 5 heteroatoms. The van der Waals surface area contributed by atoms with E-state index in [1.807, 2.05) is 0 Å². The first-order chi connectivity index (χ1) is 8.65. The van der Waals surface area contributed by atoms with E-state index in [0.29, 0.717) is 13.0 Å². The second-order valence-electron chi connectivity index (χ2n) is 5.68. The van der Waals surface area contributed by atoms with Gasteiger partial charge in [-0.2, -0.15) is 0 Å². The summed E-state index contributed by atoms with van der Waals surface area (Å²) in [4.78, 5) is 14.2. The molecule has 0 aromatic carbocycles. The number of rotatable bonds is 4. The summed E-state index contributed by atoms with van der Waals surface area (Å²) in [5.74, 6) is 0.795. The smallest absolute Gasteiger partial charge is 0.237 e. The van der Waals surface area contributed by atoms with Crippen LogP contribution >= 0.6 is 0 Å². The Labute approximate surface area is 109 Å². The molecule has 0 bridgehead atoms. The summed E-state index contributed by atoms with van der Waals surface area (Å²) >= 11 is 0. The lowest BCUT2D eigenvalue weighted by Crippen LogP contribution is -2.41. The van der Waals surface area contributed by atoms with Gasteiger partial charge in [-0.15, -0.1) is 0 Å². The predicted molar refractivity (Wildman–Crippen MR) is 70.3 cm³/mol. The first-order valence-corrected chi connectivity index (χ1v) is 7.03. The number of carbonyl (C=O) groups is 1. The van der Waals surface area contributed by atoms with Crippen molar-refractivity contribution in [2.24, 2.45) is 5.92 Å². The van der Waals surface area contributed by atoms with E-state index in [0.717, 1.165) is 18.9 Å². The maximum atomic E-state index is 11.8. The lowest BCUT2D eigenvalue weighted by atomic mass is 9.94. The number of carbonyl (C=O) groups excluding carboxylic acids is 1. The monoisotopic (exact) mass is 255 g/mol. The van der Waals surface area contributed by atoms with E-state index in [2.05, 4.69) is 22.6 Å². The molecular formula is C13H25N3O2. The van der Waals surface area contributed by atoms with Gasteiger partial charge in [-0.3, -0.25) is 4.79 Å². The van der Waals surface area contributed by atoms with E-state index in [1.165, 1.54) is 25.9 Å². The molecule has 0 saturated carbocycles. The maximum Gasteiger partial charge on any atom is 0.237 e. The van der Waals surface area contributed by atoms with Crippen LogP contribution in [0, 0.1) is 5.92 Å². The minimum Gasteiger partial charge on any atom is -0.392 e. The Morgan fingerprint density at radius 2 is 2.17 bits per heavy atom. The third-order valence-electron chi connectivity index (χ3n) is 4.11. The fraction of sp³-hybridized carbons (Fsp3) is 0.923. The van der Waals surface area contributed by atoms with Crippen molar-refractivity contribution in [1.82, 2.24) is 15.5 Å². The molecule has 0 aromatic heterocycles. The lowest BCUT2D eigenvalue weighted by molar-refractivity contribution is -0.123. The van der Waals surface area contributed by atoms with Crippen LogP contribution in [0.25, 0.3) is 0 Å². The molecule has 0 aromatic rings. The van der Waals surface area contributed by atoms with Crippen molar-refractivity contribution in [3.63, 3.8) is 0 Å². The van der Waals surface area contributed by atoms with Gasteiger partial charge in [-0.05, 0) is 51.7 Å². The van der Waals surface area contributed by atoms with Crippen molar-refractivity contribution >= 4 is 5.91 Å². The largest absolute Gasteiger partial charge is 0.392 e. The van der Waals surface area contributed by atoms with Crippen molar-refractivity contribution < 1.29 is 9.90 Å². The van der Waals surface area contributed by atoms with Crippen LogP contribution in [0.3, 0.4) is 0 Å². The van der Waals surface area contributed by atoms with Gasteiger partial charge in [0.05, 0.1) is 12.1 Å². The van der Waals surface area contributed by atoms with Crippen LogP contribution in [-0.2, 0) is 4.79 Å². The van der Waals surface area contributed by atoms with E-state index in [1.54, 1.807) is 0 Å². The van der Waals surface area contributed by atoms with Crippen LogP contribution in [-0.4, -0.2) is 61.3 Å². The first kappa shape index (κ1) is 13.8.